The summed E-state index contributed by atoms with van der Waals surface area (Å²) < 4.78 is 6.25. The van der Waals surface area contributed by atoms with Crippen molar-refractivity contribution in [3.8, 4) is 5.75 Å². The molecule has 0 saturated carbocycles. The zero-order valence-corrected chi connectivity index (χ0v) is 30.3. The van der Waals surface area contributed by atoms with Gasteiger partial charge >= 0.3 is 6.03 Å². The fourth-order valence-electron chi connectivity index (χ4n) is 8.43. The number of nitro groups is 1. The highest BCUT2D eigenvalue weighted by atomic mass is 16.6. The molecule has 276 valence electrons. The zero-order valence-electron chi connectivity index (χ0n) is 30.3. The number of barbiturate groups is 1. The number of rotatable bonds is 8. The summed E-state index contributed by atoms with van der Waals surface area (Å²) in [7, 11) is 0. The van der Waals surface area contributed by atoms with E-state index in [0.717, 1.165) is 69.5 Å². The van der Waals surface area contributed by atoms with Crippen molar-refractivity contribution in [3.63, 3.8) is 0 Å². The molecule has 6 aromatic carbocycles. The van der Waals surface area contributed by atoms with E-state index >= 15 is 0 Å². The third kappa shape index (κ3) is 6.24. The summed E-state index contributed by atoms with van der Waals surface area (Å²) in [5.41, 5.74) is 6.92. The van der Waals surface area contributed by atoms with Gasteiger partial charge in [0.15, 0.2) is 0 Å². The van der Waals surface area contributed by atoms with Crippen LogP contribution in [0.3, 0.4) is 0 Å². The molecule has 0 aliphatic carbocycles. The minimum atomic E-state index is -0.812. The molecule has 0 spiro atoms. The first-order valence-corrected chi connectivity index (χ1v) is 18.7. The lowest BCUT2D eigenvalue weighted by Crippen LogP contribution is -2.54. The van der Waals surface area contributed by atoms with Gasteiger partial charge in [0.05, 0.1) is 10.6 Å². The first-order valence-electron chi connectivity index (χ1n) is 18.7. The van der Waals surface area contributed by atoms with E-state index in [9.17, 15) is 24.5 Å². The van der Waals surface area contributed by atoms with Gasteiger partial charge in [0.2, 0.25) is 0 Å². The number of amides is 4. The number of ether oxygens (including phenoxy) is 1. The van der Waals surface area contributed by atoms with Gasteiger partial charge in [-0.25, -0.2) is 9.69 Å². The first-order chi connectivity index (χ1) is 27.3. The molecule has 0 aromatic heterocycles. The van der Waals surface area contributed by atoms with Crippen LogP contribution in [-0.4, -0.2) is 35.9 Å². The number of anilines is 2. The van der Waals surface area contributed by atoms with Crippen molar-refractivity contribution in [1.29, 1.82) is 0 Å². The predicted molar refractivity (Wildman–Crippen MR) is 215 cm³/mol. The van der Waals surface area contributed by atoms with Crippen LogP contribution in [-0.2, 0) is 16.2 Å². The molecule has 1 saturated heterocycles. The lowest BCUT2D eigenvalue weighted by Gasteiger charge is -2.44. The van der Waals surface area contributed by atoms with Crippen molar-refractivity contribution in [3.05, 3.63) is 183 Å². The lowest BCUT2D eigenvalue weighted by atomic mass is 9.76. The van der Waals surface area contributed by atoms with Gasteiger partial charge < -0.3 is 9.64 Å². The number of hydrogen-bond donors (Lipinski definition) is 1. The molecule has 3 heterocycles. The minimum absolute atomic E-state index is 0.0301. The maximum absolute atomic E-state index is 14.7. The summed E-state index contributed by atoms with van der Waals surface area (Å²) >= 11 is 0. The van der Waals surface area contributed by atoms with Crippen LogP contribution in [0.25, 0.3) is 16.8 Å². The molecule has 10 heteroatoms. The molecule has 3 aliphatic rings. The normalized spacial score (nSPS) is 18.5. The molecule has 0 bridgehead atoms. The smallest absolute Gasteiger partial charge is 0.335 e. The van der Waals surface area contributed by atoms with E-state index in [4.69, 9.17) is 4.74 Å². The Morgan fingerprint density at radius 1 is 0.750 bits per heavy atom. The summed E-state index contributed by atoms with van der Waals surface area (Å²) in [5.74, 6) is -1.06. The third-order valence-electron chi connectivity index (χ3n) is 11.1. The molecule has 3 aliphatic heterocycles. The highest BCUT2D eigenvalue weighted by molar-refractivity contribution is 6.39. The van der Waals surface area contributed by atoms with Crippen molar-refractivity contribution in [2.24, 2.45) is 0 Å². The Hall–Kier alpha value is -7.07. The number of carbonyl (C=O) groups is 3. The second-order valence-corrected chi connectivity index (χ2v) is 14.3. The van der Waals surface area contributed by atoms with Crippen LogP contribution < -0.4 is 19.9 Å². The quantitative estimate of drug-likeness (QED) is 0.0716. The average molecular weight is 741 g/mol. The molecule has 2 atom stereocenters. The molecular weight excluding hydrogens is 705 g/mol. The topological polar surface area (TPSA) is 122 Å². The van der Waals surface area contributed by atoms with Crippen LogP contribution in [0.1, 0.15) is 58.1 Å². The number of hydrogen-bond acceptors (Lipinski definition) is 7. The predicted octanol–water partition coefficient (Wildman–Crippen LogP) is 8.87. The van der Waals surface area contributed by atoms with E-state index < -0.39 is 22.8 Å². The molecule has 0 radical (unpaired) electrons. The number of fused-ring (bicyclic) bond motifs is 1. The Morgan fingerprint density at radius 3 is 1.98 bits per heavy atom. The highest BCUT2D eigenvalue weighted by Gasteiger charge is 2.41. The second kappa shape index (κ2) is 14.3. The van der Waals surface area contributed by atoms with Gasteiger partial charge in [-0.2, -0.15) is 0 Å². The summed E-state index contributed by atoms with van der Waals surface area (Å²) in [4.78, 5) is 56.4. The maximum Gasteiger partial charge on any atom is 0.335 e. The lowest BCUT2D eigenvalue weighted by molar-refractivity contribution is -0.384. The number of benzene rings is 6. The molecular formula is C46H36N4O6. The van der Waals surface area contributed by atoms with Crippen molar-refractivity contribution in [2.75, 3.05) is 22.9 Å². The summed E-state index contributed by atoms with van der Waals surface area (Å²) in [6, 6.07) is 41.0. The molecule has 6 aromatic rings. The highest BCUT2D eigenvalue weighted by Crippen LogP contribution is 2.50. The van der Waals surface area contributed by atoms with Gasteiger partial charge in [0.1, 0.15) is 17.9 Å². The van der Waals surface area contributed by atoms with Crippen molar-refractivity contribution >= 4 is 51.8 Å². The number of urea groups is 1. The average Bonchev–Trinajstić information content (AvgIpc) is 3.22. The van der Waals surface area contributed by atoms with Gasteiger partial charge in [-0.3, -0.25) is 25.0 Å². The Kier molecular flexibility index (Phi) is 8.85. The Morgan fingerprint density at radius 2 is 1.36 bits per heavy atom. The number of nitrogens with zero attached hydrogens (tertiary/aromatic N) is 3. The SMILES string of the molecule is O=C1NC(=O)N(c2cc3c4c(c2)[C@H](c2ccccc2)CCN4CC[C@H]3c2ccccc2)C(=O)/C1=C/c1c(OCc2ccc([N+](=O)[O-])cc2)ccc2ccccc12. The van der Waals surface area contributed by atoms with Gasteiger partial charge in [-0.05, 0) is 87.8 Å². The number of non-ortho nitro benzene ring substituents is 1. The van der Waals surface area contributed by atoms with Crippen molar-refractivity contribution in [1.82, 2.24) is 5.32 Å². The fourth-order valence-corrected chi connectivity index (χ4v) is 8.43. The molecule has 56 heavy (non-hydrogen) atoms. The summed E-state index contributed by atoms with van der Waals surface area (Å²) in [5, 5.41) is 15.2. The number of nitro benzene ring substituents is 1. The first kappa shape index (κ1) is 34.7. The third-order valence-corrected chi connectivity index (χ3v) is 11.1. The van der Waals surface area contributed by atoms with E-state index in [1.54, 1.807) is 18.2 Å². The minimum Gasteiger partial charge on any atom is -0.488 e. The van der Waals surface area contributed by atoms with Gasteiger partial charge in [-0.15, -0.1) is 0 Å². The van der Waals surface area contributed by atoms with Crippen LogP contribution in [0.5, 0.6) is 5.75 Å². The van der Waals surface area contributed by atoms with Crippen LogP contribution in [0.4, 0.5) is 21.9 Å². The molecule has 10 nitrogen and oxygen atoms in total. The van der Waals surface area contributed by atoms with Crippen LogP contribution in [0, 0.1) is 10.1 Å². The van der Waals surface area contributed by atoms with E-state index in [-0.39, 0.29) is 29.7 Å². The Labute approximate surface area is 322 Å². The summed E-state index contributed by atoms with van der Waals surface area (Å²) in [6.45, 7) is 1.87. The Bertz CT molecular complexity index is 2500. The second-order valence-electron chi connectivity index (χ2n) is 14.3. The van der Waals surface area contributed by atoms with Crippen molar-refractivity contribution in [2.45, 2.75) is 31.3 Å². The standard InChI is InChI=1S/C46H36N4O6/c51-44-41(27-38-35-14-8-7-13-32(35)17-20-42(38)56-28-29-15-18-33(19-16-29)50(54)55)45(52)49(46(53)47-44)34-25-39-36(30-9-3-1-4-10-30)21-23-48-24-22-37(40(26-34)43(39)48)31-11-5-2-6-12-31/h1-20,25-27,36-37H,21-24,28H2,(H,47,51,53)/b41-27+/t36-,37-/m0/s1. The Balaban J connectivity index is 1.15. The zero-order chi connectivity index (χ0) is 38.3. The number of carbonyl (C=O) groups excluding carboxylic acids is 3. The van der Waals surface area contributed by atoms with E-state index in [1.165, 1.54) is 18.2 Å². The van der Waals surface area contributed by atoms with Gasteiger partial charge in [0.25, 0.3) is 17.5 Å². The maximum atomic E-state index is 14.7. The van der Waals surface area contributed by atoms with E-state index in [1.807, 2.05) is 78.9 Å². The van der Waals surface area contributed by atoms with E-state index in [2.05, 4.69) is 34.5 Å². The molecule has 4 amide bonds. The van der Waals surface area contributed by atoms with Crippen LogP contribution in [0.15, 0.2) is 139 Å². The molecule has 1 fully saturated rings. The largest absolute Gasteiger partial charge is 0.488 e. The monoisotopic (exact) mass is 740 g/mol. The number of nitrogens with one attached hydrogen (secondary N) is 1. The number of imide groups is 2. The van der Waals surface area contributed by atoms with E-state index in [0.29, 0.717) is 22.6 Å². The molecule has 1 N–H and O–H groups in total. The summed E-state index contributed by atoms with van der Waals surface area (Å²) in [6.07, 6.45) is 3.25. The van der Waals surface area contributed by atoms with Gasteiger partial charge in [0, 0.05) is 48.3 Å². The van der Waals surface area contributed by atoms with Crippen molar-refractivity contribution < 1.29 is 24.0 Å². The van der Waals surface area contributed by atoms with Gasteiger partial charge in [-0.1, -0.05) is 91.0 Å². The fraction of sp³-hybridized carbons (Fsp3) is 0.152. The molecule has 9 rings (SSSR count). The van der Waals surface area contributed by atoms with Crippen LogP contribution in [0.2, 0.25) is 0 Å². The molecule has 0 unspecified atom stereocenters. The van der Waals surface area contributed by atoms with Crippen LogP contribution >= 0.6 is 0 Å².